The molecule has 0 radical (unpaired) electrons. The van der Waals surface area contributed by atoms with Gasteiger partial charge in [0.2, 0.25) is 0 Å². The van der Waals surface area contributed by atoms with Gasteiger partial charge in [-0.3, -0.25) is 4.99 Å². The monoisotopic (exact) mass is 311 g/mol. The Morgan fingerprint density at radius 3 is 2.04 bits per heavy atom. The zero-order valence-corrected chi connectivity index (χ0v) is 14.5. The molecule has 0 saturated heterocycles. The van der Waals surface area contributed by atoms with E-state index in [9.17, 15) is 5.11 Å². The molecule has 122 valence electrons. The number of nitrogens with zero attached hydrogens (tertiary/aromatic N) is 1. The third-order valence-corrected chi connectivity index (χ3v) is 3.93. The normalized spacial score (nSPS) is 11.6. The molecule has 23 heavy (non-hydrogen) atoms. The quantitative estimate of drug-likeness (QED) is 0.751. The van der Waals surface area contributed by atoms with Crippen LogP contribution >= 0.6 is 0 Å². The van der Waals surface area contributed by atoms with E-state index >= 15 is 0 Å². The largest absolute Gasteiger partial charge is 0.504 e. The van der Waals surface area contributed by atoms with E-state index < -0.39 is 0 Å². The third kappa shape index (κ3) is 3.73. The second-order valence-electron chi connectivity index (χ2n) is 6.25. The molecular weight excluding hydrogens is 286 g/mol. The van der Waals surface area contributed by atoms with E-state index in [1.54, 1.807) is 19.4 Å². The molecule has 0 aliphatic carbocycles. The van der Waals surface area contributed by atoms with Gasteiger partial charge in [-0.25, -0.2) is 0 Å². The summed E-state index contributed by atoms with van der Waals surface area (Å²) in [4.78, 5) is 4.71. The number of hydrogen-bond donors (Lipinski definition) is 1. The minimum Gasteiger partial charge on any atom is -0.504 e. The van der Waals surface area contributed by atoms with Crippen molar-refractivity contribution in [1.82, 2.24) is 0 Å². The van der Waals surface area contributed by atoms with Crippen LogP contribution in [0.2, 0.25) is 0 Å². The minimum atomic E-state index is 0.117. The Morgan fingerprint density at radius 1 is 0.957 bits per heavy atom. The number of aliphatic imine (C=N–C) groups is 1. The molecule has 3 heteroatoms. The van der Waals surface area contributed by atoms with Gasteiger partial charge in [0.1, 0.15) is 0 Å². The van der Waals surface area contributed by atoms with Crippen molar-refractivity contribution < 1.29 is 9.84 Å². The molecule has 0 bridgehead atoms. The van der Waals surface area contributed by atoms with Crippen molar-refractivity contribution >= 4 is 11.9 Å². The maximum atomic E-state index is 10.2. The molecule has 0 unspecified atom stereocenters. The van der Waals surface area contributed by atoms with E-state index in [1.165, 1.54) is 11.1 Å². The fourth-order valence-corrected chi connectivity index (χ4v) is 2.60. The minimum absolute atomic E-state index is 0.117. The van der Waals surface area contributed by atoms with Gasteiger partial charge in [0.15, 0.2) is 11.5 Å². The fourth-order valence-electron chi connectivity index (χ4n) is 2.60. The van der Waals surface area contributed by atoms with Gasteiger partial charge in [0.25, 0.3) is 0 Å². The Morgan fingerprint density at radius 2 is 1.52 bits per heavy atom. The summed E-state index contributed by atoms with van der Waals surface area (Å²) in [7, 11) is 1.54. The molecule has 2 aromatic rings. The molecule has 0 heterocycles. The predicted octanol–water partition coefficient (Wildman–Crippen LogP) is 5.40. The highest BCUT2D eigenvalue weighted by Gasteiger charge is 2.13. The first-order chi connectivity index (χ1) is 11.0. The van der Waals surface area contributed by atoms with Crippen LogP contribution in [0.3, 0.4) is 0 Å². The van der Waals surface area contributed by atoms with Gasteiger partial charge in [-0.05, 0) is 35.1 Å². The molecule has 3 nitrogen and oxygen atoms in total. The van der Waals surface area contributed by atoms with Crippen molar-refractivity contribution in [3.63, 3.8) is 0 Å². The number of phenols is 1. The zero-order chi connectivity index (χ0) is 17.0. The van der Waals surface area contributed by atoms with Gasteiger partial charge in [0, 0.05) is 11.8 Å². The number of ether oxygens (including phenoxy) is 1. The Kier molecular flexibility index (Phi) is 5.43. The summed E-state index contributed by atoms with van der Waals surface area (Å²) in [6, 6.07) is 11.7. The van der Waals surface area contributed by atoms with Crippen LogP contribution in [0.4, 0.5) is 5.69 Å². The average Bonchev–Trinajstić information content (AvgIpc) is 2.53. The maximum Gasteiger partial charge on any atom is 0.166 e. The summed E-state index contributed by atoms with van der Waals surface area (Å²) >= 11 is 0. The molecule has 0 aromatic heterocycles. The topological polar surface area (TPSA) is 41.8 Å². The Balaban J connectivity index is 2.51. The van der Waals surface area contributed by atoms with Crippen molar-refractivity contribution in [2.75, 3.05) is 7.11 Å². The summed E-state index contributed by atoms with van der Waals surface area (Å²) < 4.78 is 5.15. The number of benzene rings is 2. The van der Waals surface area contributed by atoms with Gasteiger partial charge >= 0.3 is 0 Å². The maximum absolute atomic E-state index is 10.2. The van der Waals surface area contributed by atoms with Gasteiger partial charge in [-0.1, -0.05) is 52.0 Å². The number of methoxy groups -OCH3 is 1. The Hall–Kier alpha value is -2.29. The second kappa shape index (κ2) is 7.32. The van der Waals surface area contributed by atoms with Crippen LogP contribution in [0.5, 0.6) is 11.5 Å². The highest BCUT2D eigenvalue weighted by atomic mass is 16.5. The number of hydrogen-bond acceptors (Lipinski definition) is 3. The molecular formula is C20H25NO2. The molecule has 0 aliphatic rings. The summed E-state index contributed by atoms with van der Waals surface area (Å²) in [5.41, 5.74) is 4.09. The van der Waals surface area contributed by atoms with Gasteiger partial charge in [0.05, 0.1) is 12.8 Å². The molecule has 0 fully saturated rings. The third-order valence-electron chi connectivity index (χ3n) is 3.93. The zero-order valence-electron chi connectivity index (χ0n) is 14.5. The summed E-state index contributed by atoms with van der Waals surface area (Å²) in [5.74, 6) is 1.35. The average molecular weight is 311 g/mol. The molecule has 0 atom stereocenters. The van der Waals surface area contributed by atoms with Crippen LogP contribution in [0.1, 0.15) is 56.2 Å². The van der Waals surface area contributed by atoms with E-state index in [1.807, 2.05) is 12.1 Å². The van der Waals surface area contributed by atoms with Gasteiger partial charge < -0.3 is 9.84 Å². The van der Waals surface area contributed by atoms with E-state index in [-0.39, 0.29) is 5.75 Å². The first-order valence-electron chi connectivity index (χ1n) is 7.98. The molecule has 0 aliphatic heterocycles. The molecule has 2 aromatic carbocycles. The highest BCUT2D eigenvalue weighted by molar-refractivity contribution is 5.87. The van der Waals surface area contributed by atoms with Crippen LogP contribution in [-0.4, -0.2) is 18.4 Å². The number of aromatic hydroxyl groups is 1. The molecule has 1 N–H and O–H groups in total. The SMILES string of the molecule is COc1cccc(C=Nc2c(C(C)C)cccc2C(C)C)c1O. The van der Waals surface area contributed by atoms with Crippen molar-refractivity contribution in [3.8, 4) is 11.5 Å². The lowest BCUT2D eigenvalue weighted by atomic mass is 9.93. The smallest absolute Gasteiger partial charge is 0.166 e. The second-order valence-corrected chi connectivity index (χ2v) is 6.25. The Bertz CT molecular complexity index is 677. The lowest BCUT2D eigenvalue weighted by Gasteiger charge is -2.16. The number of phenolic OH excluding ortho intramolecular Hbond substituents is 1. The van der Waals surface area contributed by atoms with Crippen LogP contribution in [0.25, 0.3) is 0 Å². The van der Waals surface area contributed by atoms with Crippen molar-refractivity contribution in [2.24, 2.45) is 4.99 Å². The van der Waals surface area contributed by atoms with Crippen molar-refractivity contribution in [2.45, 2.75) is 39.5 Å². The lowest BCUT2D eigenvalue weighted by molar-refractivity contribution is 0.373. The first kappa shape index (κ1) is 17.1. The molecule has 2 rings (SSSR count). The van der Waals surface area contributed by atoms with E-state index in [2.05, 4.69) is 45.9 Å². The summed E-state index contributed by atoms with van der Waals surface area (Å²) in [6.45, 7) is 8.67. The standard InChI is InChI=1S/C20H25NO2/c1-13(2)16-9-7-10-17(14(3)4)19(16)21-12-15-8-6-11-18(23-5)20(15)22/h6-14,22H,1-5H3. The van der Waals surface area contributed by atoms with Gasteiger partial charge in [-0.2, -0.15) is 0 Å². The van der Waals surface area contributed by atoms with E-state index in [4.69, 9.17) is 9.73 Å². The van der Waals surface area contributed by atoms with Crippen LogP contribution in [0, 0.1) is 0 Å². The van der Waals surface area contributed by atoms with E-state index in [0.717, 1.165) is 5.69 Å². The number of para-hydroxylation sites is 2. The Labute approximate surface area is 138 Å². The first-order valence-corrected chi connectivity index (χ1v) is 7.98. The van der Waals surface area contributed by atoms with E-state index in [0.29, 0.717) is 23.1 Å². The lowest BCUT2D eigenvalue weighted by Crippen LogP contribution is -1.96. The molecule has 0 amide bonds. The van der Waals surface area contributed by atoms with Crippen LogP contribution in [0.15, 0.2) is 41.4 Å². The summed E-state index contributed by atoms with van der Waals surface area (Å²) in [6.07, 6.45) is 1.71. The van der Waals surface area contributed by atoms with Crippen LogP contribution < -0.4 is 4.74 Å². The summed E-state index contributed by atoms with van der Waals surface area (Å²) in [5, 5.41) is 10.2. The van der Waals surface area contributed by atoms with Crippen molar-refractivity contribution in [3.05, 3.63) is 53.1 Å². The predicted molar refractivity (Wildman–Crippen MR) is 96.5 cm³/mol. The van der Waals surface area contributed by atoms with Crippen molar-refractivity contribution in [1.29, 1.82) is 0 Å². The van der Waals surface area contributed by atoms with Crippen LogP contribution in [-0.2, 0) is 0 Å². The molecule has 0 saturated carbocycles. The number of rotatable bonds is 5. The van der Waals surface area contributed by atoms with Gasteiger partial charge in [-0.15, -0.1) is 0 Å². The highest BCUT2D eigenvalue weighted by Crippen LogP contribution is 2.35. The fraction of sp³-hybridized carbons (Fsp3) is 0.350. The molecule has 0 spiro atoms.